The Kier molecular flexibility index (Phi) is 6.52. The van der Waals surface area contributed by atoms with E-state index in [1.54, 1.807) is 13.0 Å². The van der Waals surface area contributed by atoms with Crippen LogP contribution >= 0.6 is 0 Å². The first kappa shape index (κ1) is 21.5. The van der Waals surface area contributed by atoms with Crippen molar-refractivity contribution in [2.45, 2.75) is 31.4 Å². The van der Waals surface area contributed by atoms with Crippen molar-refractivity contribution in [2.75, 3.05) is 7.05 Å². The van der Waals surface area contributed by atoms with Crippen LogP contribution in [0.25, 0.3) is 0 Å². The molecule has 2 rings (SSSR count). The molecule has 7 nitrogen and oxygen atoms in total. The first-order valence-electron chi connectivity index (χ1n) is 8.33. The fourth-order valence-corrected chi connectivity index (χ4v) is 3.42. The van der Waals surface area contributed by atoms with Gasteiger partial charge in [0.1, 0.15) is 5.82 Å². The lowest BCUT2D eigenvalue weighted by molar-refractivity contribution is -0.139. The standard InChI is InChI=1S/C19H21FN2O5S/c1-12-7-8-15(10-17(12)28(21,25)26)19(24)27-13(2)18(23)22(3)11-14-5-4-6-16(20)9-14/h4-10,13H,11H2,1-3H3,(H2,21,25,26). The number of nitrogens with zero attached hydrogens (tertiary/aromatic N) is 1. The van der Waals surface area contributed by atoms with Gasteiger partial charge < -0.3 is 9.64 Å². The molecule has 0 heterocycles. The zero-order chi connectivity index (χ0) is 21.1. The fraction of sp³-hybridized carbons (Fsp3) is 0.263. The van der Waals surface area contributed by atoms with Crippen LogP contribution in [0, 0.1) is 12.7 Å². The van der Waals surface area contributed by atoms with E-state index in [2.05, 4.69) is 0 Å². The number of benzene rings is 2. The van der Waals surface area contributed by atoms with Gasteiger partial charge in [-0.25, -0.2) is 22.7 Å². The highest BCUT2D eigenvalue weighted by Gasteiger charge is 2.23. The monoisotopic (exact) mass is 408 g/mol. The van der Waals surface area contributed by atoms with E-state index in [4.69, 9.17) is 9.88 Å². The number of ether oxygens (including phenoxy) is 1. The van der Waals surface area contributed by atoms with Crippen LogP contribution in [0.3, 0.4) is 0 Å². The minimum absolute atomic E-state index is 0.0398. The number of halogens is 1. The summed E-state index contributed by atoms with van der Waals surface area (Å²) in [5, 5.41) is 5.13. The molecule has 2 N–H and O–H groups in total. The van der Waals surface area contributed by atoms with Gasteiger partial charge in [0, 0.05) is 13.6 Å². The Hall–Kier alpha value is -2.78. The number of likely N-dealkylation sites (N-methyl/N-ethyl adjacent to an activating group) is 1. The van der Waals surface area contributed by atoms with Gasteiger partial charge >= 0.3 is 5.97 Å². The predicted octanol–water partition coefficient (Wildman–Crippen LogP) is 1.99. The first-order valence-corrected chi connectivity index (χ1v) is 9.87. The quantitative estimate of drug-likeness (QED) is 0.736. The average molecular weight is 408 g/mol. The minimum atomic E-state index is -4.00. The van der Waals surface area contributed by atoms with Crippen molar-refractivity contribution in [3.05, 3.63) is 65.0 Å². The lowest BCUT2D eigenvalue weighted by Crippen LogP contribution is -2.37. The van der Waals surface area contributed by atoms with Crippen LogP contribution in [0.1, 0.15) is 28.4 Å². The van der Waals surface area contributed by atoms with Gasteiger partial charge in [-0.05, 0) is 49.2 Å². The molecule has 1 amide bonds. The Morgan fingerprint density at radius 3 is 2.50 bits per heavy atom. The maximum absolute atomic E-state index is 13.3. The Labute approximate surface area is 163 Å². The molecule has 0 radical (unpaired) electrons. The number of nitrogens with two attached hydrogens (primary N) is 1. The molecule has 0 aliphatic heterocycles. The van der Waals surface area contributed by atoms with E-state index in [1.165, 1.54) is 49.2 Å². The Morgan fingerprint density at radius 1 is 1.21 bits per heavy atom. The van der Waals surface area contributed by atoms with Gasteiger partial charge in [-0.2, -0.15) is 0 Å². The minimum Gasteiger partial charge on any atom is -0.449 e. The Bertz CT molecular complexity index is 1010. The highest BCUT2D eigenvalue weighted by Crippen LogP contribution is 2.17. The van der Waals surface area contributed by atoms with Gasteiger partial charge in [-0.3, -0.25) is 4.79 Å². The number of hydrogen-bond acceptors (Lipinski definition) is 5. The molecule has 9 heteroatoms. The van der Waals surface area contributed by atoms with Crippen LogP contribution in [0.2, 0.25) is 0 Å². The molecule has 0 bridgehead atoms. The van der Waals surface area contributed by atoms with Crippen LogP contribution in [-0.4, -0.2) is 38.3 Å². The number of aryl methyl sites for hydroxylation is 1. The molecule has 150 valence electrons. The molecule has 28 heavy (non-hydrogen) atoms. The van der Waals surface area contributed by atoms with Crippen LogP contribution in [0.5, 0.6) is 0 Å². The van der Waals surface area contributed by atoms with E-state index in [0.29, 0.717) is 11.1 Å². The number of primary sulfonamides is 1. The van der Waals surface area contributed by atoms with E-state index in [9.17, 15) is 22.4 Å². The molecule has 0 saturated carbocycles. The summed E-state index contributed by atoms with van der Waals surface area (Å²) in [6, 6.07) is 9.74. The lowest BCUT2D eigenvalue weighted by Gasteiger charge is -2.21. The Balaban J connectivity index is 2.08. The molecule has 0 spiro atoms. The topological polar surface area (TPSA) is 107 Å². The third-order valence-electron chi connectivity index (χ3n) is 4.05. The lowest BCUT2D eigenvalue weighted by atomic mass is 10.1. The van der Waals surface area contributed by atoms with Crippen molar-refractivity contribution in [1.82, 2.24) is 4.90 Å². The molecule has 1 atom stereocenters. The predicted molar refractivity (Wildman–Crippen MR) is 100 cm³/mol. The average Bonchev–Trinajstić information content (AvgIpc) is 2.60. The molecule has 1 unspecified atom stereocenters. The molecule has 2 aromatic rings. The maximum atomic E-state index is 13.3. The van der Waals surface area contributed by atoms with Gasteiger partial charge in [-0.15, -0.1) is 0 Å². The van der Waals surface area contributed by atoms with Crippen molar-refractivity contribution in [2.24, 2.45) is 5.14 Å². The molecule has 0 aliphatic rings. The van der Waals surface area contributed by atoms with Gasteiger partial charge in [0.25, 0.3) is 5.91 Å². The van der Waals surface area contributed by atoms with Crippen LogP contribution in [-0.2, 0) is 26.1 Å². The van der Waals surface area contributed by atoms with E-state index in [-0.39, 0.29) is 17.0 Å². The molecule has 0 saturated heterocycles. The van der Waals surface area contributed by atoms with Crippen molar-refractivity contribution >= 4 is 21.9 Å². The molecule has 0 aliphatic carbocycles. The fourth-order valence-electron chi connectivity index (χ4n) is 2.61. The van der Waals surface area contributed by atoms with Crippen LogP contribution in [0.4, 0.5) is 4.39 Å². The normalized spacial score (nSPS) is 12.3. The highest BCUT2D eigenvalue weighted by atomic mass is 32.2. The molecular formula is C19H21FN2O5S. The molecule has 2 aromatic carbocycles. The SMILES string of the molecule is Cc1ccc(C(=O)OC(C)C(=O)N(C)Cc2cccc(F)c2)cc1S(N)(=O)=O. The molecular weight excluding hydrogens is 387 g/mol. The summed E-state index contributed by atoms with van der Waals surface area (Å²) in [5.41, 5.74) is 0.936. The van der Waals surface area contributed by atoms with Crippen molar-refractivity contribution < 1.29 is 27.1 Å². The summed E-state index contributed by atoms with van der Waals surface area (Å²) in [7, 11) is -2.50. The van der Waals surface area contributed by atoms with E-state index in [0.717, 1.165) is 6.07 Å². The summed E-state index contributed by atoms with van der Waals surface area (Å²) < 4.78 is 41.6. The van der Waals surface area contributed by atoms with Gasteiger partial charge in [0.2, 0.25) is 10.0 Å². The Morgan fingerprint density at radius 2 is 1.89 bits per heavy atom. The number of esters is 1. The van der Waals surface area contributed by atoms with Crippen molar-refractivity contribution in [1.29, 1.82) is 0 Å². The smallest absolute Gasteiger partial charge is 0.338 e. The van der Waals surface area contributed by atoms with Gasteiger partial charge in [-0.1, -0.05) is 18.2 Å². The summed E-state index contributed by atoms with van der Waals surface area (Å²) in [5.74, 6) is -1.76. The second-order valence-electron chi connectivity index (χ2n) is 6.40. The second-order valence-corrected chi connectivity index (χ2v) is 7.93. The highest BCUT2D eigenvalue weighted by molar-refractivity contribution is 7.89. The largest absolute Gasteiger partial charge is 0.449 e. The maximum Gasteiger partial charge on any atom is 0.338 e. The number of rotatable bonds is 6. The summed E-state index contributed by atoms with van der Waals surface area (Å²) in [4.78, 5) is 25.8. The molecule has 0 aromatic heterocycles. The third-order valence-corrected chi connectivity index (χ3v) is 5.10. The second kappa shape index (κ2) is 8.49. The van der Waals surface area contributed by atoms with Crippen LogP contribution in [0.15, 0.2) is 47.4 Å². The number of hydrogen-bond donors (Lipinski definition) is 1. The number of carbonyl (C=O) groups excluding carboxylic acids is 2. The van der Waals surface area contributed by atoms with Crippen molar-refractivity contribution in [3.8, 4) is 0 Å². The van der Waals surface area contributed by atoms with Crippen molar-refractivity contribution in [3.63, 3.8) is 0 Å². The van der Waals surface area contributed by atoms with E-state index < -0.39 is 33.8 Å². The van der Waals surface area contributed by atoms with Crippen LogP contribution < -0.4 is 5.14 Å². The number of sulfonamides is 1. The summed E-state index contributed by atoms with van der Waals surface area (Å²) in [6.07, 6.45) is -1.12. The zero-order valence-electron chi connectivity index (χ0n) is 15.7. The van der Waals surface area contributed by atoms with E-state index >= 15 is 0 Å². The summed E-state index contributed by atoms with van der Waals surface area (Å²) in [6.45, 7) is 3.08. The third kappa shape index (κ3) is 5.37. The zero-order valence-corrected chi connectivity index (χ0v) is 16.5. The number of carbonyl (C=O) groups is 2. The molecule has 0 fully saturated rings. The van der Waals surface area contributed by atoms with Gasteiger partial charge in [0.05, 0.1) is 10.5 Å². The van der Waals surface area contributed by atoms with Gasteiger partial charge in [0.15, 0.2) is 6.10 Å². The number of amides is 1. The van der Waals surface area contributed by atoms with E-state index in [1.807, 2.05) is 0 Å². The first-order chi connectivity index (χ1) is 13.0. The summed E-state index contributed by atoms with van der Waals surface area (Å²) >= 11 is 0.